The van der Waals surface area contributed by atoms with Crippen molar-refractivity contribution in [3.63, 3.8) is 0 Å². The molecular weight excluding hydrogens is 884 g/mol. The first kappa shape index (κ1) is 36.5. The van der Waals surface area contributed by atoms with E-state index in [-0.39, 0.29) is 13.4 Å². The molecule has 11 aromatic carbocycles. The van der Waals surface area contributed by atoms with Crippen LogP contribution in [0.5, 0.6) is 0 Å². The Morgan fingerprint density at radius 1 is 0.233 bits per heavy atom. The van der Waals surface area contributed by atoms with E-state index in [1.165, 1.54) is 170 Å². The topological polar surface area (TPSA) is 24.6 Å². The summed E-state index contributed by atoms with van der Waals surface area (Å²) in [5.41, 5.74) is 27.2. The minimum absolute atomic E-state index is 0.0271. The standard InChI is InChI=1S/C66H35B2N5/c1-7-25-52-38(15-1)39-16-2-8-26-53(39)69(52)36-31-46-47-32-37(70-54-27-9-3-17-40(54)41-18-4-10-28-55(41)70)34-51-65(47)73-64(46)50(33-36)67-48-23-13-21-44-42-19-5-11-29-56(42)71(62(44)48)58-35-59-61(66(73)60(58)67)68(51)49-24-14-22-45-43-20-6-12-30-57(43)72(59)63(45)49/h1-35H. The smallest absolute Gasteiger partial charge is 0.252 e. The summed E-state index contributed by atoms with van der Waals surface area (Å²) in [6.45, 7) is -0.0541. The summed E-state index contributed by atoms with van der Waals surface area (Å²) >= 11 is 0. The summed E-state index contributed by atoms with van der Waals surface area (Å²) in [6, 6.07) is 81.2. The fourth-order valence-electron chi connectivity index (χ4n) is 15.5. The summed E-state index contributed by atoms with van der Waals surface area (Å²) in [4.78, 5) is 0. The van der Waals surface area contributed by atoms with Crippen LogP contribution in [0.2, 0.25) is 0 Å². The highest BCUT2D eigenvalue weighted by atomic mass is 15.1. The SMILES string of the molecule is c1ccc2c(c1)c1ccccc1n2-c1cc2c3c(c1)c1cc(-n4c5ccccc5c5ccccc54)cc4c1n3-c1c3c(cc5c1B4c1cccc4c6ccccc6n-5c14)-n1c4ccccc4c4cccc(c41)B32. The fraction of sp³-hybridized carbons (Fsp3) is 0. The van der Waals surface area contributed by atoms with Gasteiger partial charge < -0.3 is 22.8 Å². The Hall–Kier alpha value is -9.45. The molecule has 9 heterocycles. The molecule has 0 atom stereocenters. The van der Waals surface area contributed by atoms with Crippen LogP contribution in [0.3, 0.4) is 0 Å². The fourth-order valence-corrected chi connectivity index (χ4v) is 15.5. The number of rotatable bonds is 2. The molecule has 0 spiro atoms. The van der Waals surface area contributed by atoms with Crippen LogP contribution >= 0.6 is 0 Å². The van der Waals surface area contributed by atoms with Gasteiger partial charge in [-0.2, -0.15) is 0 Å². The van der Waals surface area contributed by atoms with Gasteiger partial charge in [-0.3, -0.25) is 0 Å². The Labute approximate surface area is 416 Å². The van der Waals surface area contributed by atoms with Gasteiger partial charge in [0.05, 0.1) is 33.1 Å². The van der Waals surface area contributed by atoms with Crippen LogP contribution in [0.1, 0.15) is 0 Å². The minimum Gasteiger partial charge on any atom is -0.311 e. The molecule has 4 aliphatic rings. The van der Waals surface area contributed by atoms with Crippen LogP contribution in [0, 0.1) is 0 Å². The number of aromatic nitrogens is 5. The maximum absolute atomic E-state index is 2.76. The lowest BCUT2D eigenvalue weighted by Crippen LogP contribution is -2.66. The number of nitrogens with zero attached hydrogens (tertiary/aromatic N) is 5. The van der Waals surface area contributed by atoms with Crippen molar-refractivity contribution in [1.82, 2.24) is 22.8 Å². The molecule has 0 N–H and O–H groups in total. The van der Waals surface area contributed by atoms with Crippen molar-refractivity contribution < 1.29 is 0 Å². The first-order chi connectivity index (χ1) is 36.3. The predicted octanol–water partition coefficient (Wildman–Crippen LogP) is 11.5. The minimum atomic E-state index is -0.0271. The zero-order valence-corrected chi connectivity index (χ0v) is 39.1. The molecule has 16 aromatic rings. The highest BCUT2D eigenvalue weighted by molar-refractivity contribution is 7.04. The van der Waals surface area contributed by atoms with Crippen molar-refractivity contribution in [1.29, 1.82) is 0 Å². The molecule has 0 saturated heterocycles. The van der Waals surface area contributed by atoms with Crippen LogP contribution in [0.4, 0.5) is 0 Å². The van der Waals surface area contributed by atoms with Gasteiger partial charge in [0.1, 0.15) is 0 Å². The van der Waals surface area contributed by atoms with Gasteiger partial charge in [-0.05, 0) is 99.5 Å². The second-order valence-electron chi connectivity index (χ2n) is 21.1. The van der Waals surface area contributed by atoms with E-state index in [2.05, 4.69) is 235 Å². The third-order valence-electron chi connectivity index (χ3n) is 18.0. The second kappa shape index (κ2) is 12.2. The maximum Gasteiger partial charge on any atom is 0.252 e. The second-order valence-corrected chi connectivity index (χ2v) is 21.1. The van der Waals surface area contributed by atoms with Crippen LogP contribution in [0.25, 0.3) is 137 Å². The molecule has 20 rings (SSSR count). The van der Waals surface area contributed by atoms with Gasteiger partial charge in [-0.1, -0.05) is 146 Å². The first-order valence-electron chi connectivity index (χ1n) is 25.7. The van der Waals surface area contributed by atoms with Gasteiger partial charge in [-0.25, -0.2) is 0 Å². The predicted molar refractivity (Wildman–Crippen MR) is 307 cm³/mol. The van der Waals surface area contributed by atoms with E-state index < -0.39 is 0 Å². The number of hydrogen-bond acceptors (Lipinski definition) is 0. The van der Waals surface area contributed by atoms with Gasteiger partial charge in [-0.15, -0.1) is 0 Å². The summed E-state index contributed by atoms with van der Waals surface area (Å²) < 4.78 is 13.1. The lowest BCUT2D eigenvalue weighted by Gasteiger charge is -2.41. The molecule has 0 amide bonds. The average molecular weight is 920 g/mol. The quantitative estimate of drug-likeness (QED) is 0.154. The Bertz CT molecular complexity index is 4930. The van der Waals surface area contributed by atoms with E-state index in [9.17, 15) is 0 Å². The first-order valence-corrected chi connectivity index (χ1v) is 25.7. The van der Waals surface area contributed by atoms with E-state index >= 15 is 0 Å². The normalized spacial score (nSPS) is 13.7. The van der Waals surface area contributed by atoms with E-state index in [0.29, 0.717) is 0 Å². The van der Waals surface area contributed by atoms with Crippen LogP contribution in [0.15, 0.2) is 212 Å². The van der Waals surface area contributed by atoms with Crippen LogP contribution in [-0.2, 0) is 0 Å². The molecule has 0 bridgehead atoms. The van der Waals surface area contributed by atoms with Gasteiger partial charge in [0.25, 0.3) is 13.4 Å². The lowest BCUT2D eigenvalue weighted by atomic mass is 9.30. The maximum atomic E-state index is 2.76. The summed E-state index contributed by atoms with van der Waals surface area (Å²) in [5.74, 6) is 0. The van der Waals surface area contributed by atoms with Crippen molar-refractivity contribution in [3.05, 3.63) is 212 Å². The van der Waals surface area contributed by atoms with E-state index in [0.717, 1.165) is 0 Å². The van der Waals surface area contributed by atoms with Crippen molar-refractivity contribution in [2.75, 3.05) is 0 Å². The molecule has 5 aromatic heterocycles. The Morgan fingerprint density at radius 3 is 0.932 bits per heavy atom. The number of hydrogen-bond donors (Lipinski definition) is 0. The molecule has 5 nitrogen and oxygen atoms in total. The lowest BCUT2D eigenvalue weighted by molar-refractivity contribution is 1.11. The van der Waals surface area contributed by atoms with E-state index in [4.69, 9.17) is 0 Å². The molecule has 4 aliphatic heterocycles. The molecule has 0 saturated carbocycles. The summed E-state index contributed by atoms with van der Waals surface area (Å²) in [5, 5.41) is 12.9. The molecule has 0 aliphatic carbocycles. The highest BCUT2D eigenvalue weighted by Crippen LogP contribution is 2.46. The monoisotopic (exact) mass is 919 g/mol. The van der Waals surface area contributed by atoms with Gasteiger partial charge in [0.15, 0.2) is 0 Å². The zero-order chi connectivity index (χ0) is 46.7. The summed E-state index contributed by atoms with van der Waals surface area (Å²) in [7, 11) is 0. The Morgan fingerprint density at radius 2 is 0.548 bits per heavy atom. The number of fused-ring (bicyclic) bond motifs is 19. The molecule has 73 heavy (non-hydrogen) atoms. The van der Waals surface area contributed by atoms with Crippen molar-refractivity contribution in [3.8, 4) is 28.4 Å². The van der Waals surface area contributed by atoms with Crippen LogP contribution in [-0.4, -0.2) is 36.3 Å². The Balaban J connectivity index is 1.05. The largest absolute Gasteiger partial charge is 0.311 e. The molecular formula is C66H35B2N5. The highest BCUT2D eigenvalue weighted by Gasteiger charge is 2.49. The Kier molecular flexibility index (Phi) is 6.08. The third-order valence-corrected chi connectivity index (χ3v) is 18.0. The van der Waals surface area contributed by atoms with E-state index in [1.807, 2.05) is 0 Å². The average Bonchev–Trinajstić information content (AvgIpc) is 4.24. The van der Waals surface area contributed by atoms with E-state index in [1.54, 1.807) is 0 Å². The molecule has 0 unspecified atom stereocenters. The van der Waals surface area contributed by atoms with Crippen molar-refractivity contribution in [2.24, 2.45) is 0 Å². The number of para-hydroxylation sites is 8. The van der Waals surface area contributed by atoms with Crippen LogP contribution < -0.4 is 32.8 Å². The van der Waals surface area contributed by atoms with Gasteiger partial charge in [0.2, 0.25) is 0 Å². The zero-order valence-electron chi connectivity index (χ0n) is 39.1. The molecule has 0 radical (unpaired) electrons. The summed E-state index contributed by atoms with van der Waals surface area (Å²) in [6.07, 6.45) is 0. The van der Waals surface area contributed by atoms with Gasteiger partial charge in [0, 0.05) is 104 Å². The van der Waals surface area contributed by atoms with Gasteiger partial charge >= 0.3 is 0 Å². The van der Waals surface area contributed by atoms with Crippen molar-refractivity contribution >= 4 is 155 Å². The number of benzene rings is 11. The van der Waals surface area contributed by atoms with Crippen molar-refractivity contribution in [2.45, 2.75) is 0 Å². The third kappa shape index (κ3) is 3.96. The molecule has 330 valence electrons. The molecule has 0 fully saturated rings. The molecule has 7 heteroatoms.